The van der Waals surface area contributed by atoms with E-state index in [-0.39, 0.29) is 19.1 Å². The second-order valence-electron chi connectivity index (χ2n) is 6.61. The van der Waals surface area contributed by atoms with Gasteiger partial charge in [-0.15, -0.1) is 0 Å². The zero-order valence-corrected chi connectivity index (χ0v) is 15.3. The van der Waals surface area contributed by atoms with Gasteiger partial charge < -0.3 is 18.7 Å². The molecule has 2 bridgehead atoms. The summed E-state index contributed by atoms with van der Waals surface area (Å²) in [5.74, 6) is 0. The van der Waals surface area contributed by atoms with E-state index in [1.54, 1.807) is 7.11 Å². The molecule has 2 heterocycles. The maximum Gasteiger partial charge on any atom is 0.123 e. The van der Waals surface area contributed by atoms with Crippen LogP contribution in [0.4, 0.5) is 0 Å². The molecule has 2 aliphatic heterocycles. The molecule has 2 aliphatic rings. The van der Waals surface area contributed by atoms with Crippen molar-refractivity contribution in [3.8, 4) is 0 Å². The van der Waals surface area contributed by atoms with E-state index >= 15 is 0 Å². The Labute approximate surface area is 139 Å². The molecule has 22 heavy (non-hydrogen) atoms. The zero-order chi connectivity index (χ0) is 17.9. The summed E-state index contributed by atoms with van der Waals surface area (Å²) < 4.78 is 41.5. The fourth-order valence-electron chi connectivity index (χ4n) is 3.09. The van der Waals surface area contributed by atoms with Gasteiger partial charge in [0.2, 0.25) is 0 Å². The summed E-state index contributed by atoms with van der Waals surface area (Å²) in [5, 5.41) is 0. The predicted molar refractivity (Wildman–Crippen MR) is 89.4 cm³/mol. The third-order valence-electron chi connectivity index (χ3n) is 4.02. The highest BCUT2D eigenvalue weighted by atomic mass is 31.2. The highest BCUT2D eigenvalue weighted by molar-refractivity contribution is 7.50. The van der Waals surface area contributed by atoms with Crippen LogP contribution in [-0.2, 0) is 18.7 Å². The Morgan fingerprint density at radius 2 is 2.18 bits per heavy atom. The van der Waals surface area contributed by atoms with Gasteiger partial charge in [0.15, 0.2) is 0 Å². The maximum atomic E-state index is 8.03. The molecule has 0 amide bonds. The van der Waals surface area contributed by atoms with Gasteiger partial charge in [0.25, 0.3) is 0 Å². The first-order valence-corrected chi connectivity index (χ1v) is 9.48. The SMILES string of the molecule is [2H]C[C@@]12CO[C@@H]([C@@H]([3H])O1)[C@@H]2OP(CCCOC)N(C(C)C)C(C)C. The van der Waals surface area contributed by atoms with Crippen LogP contribution in [0.5, 0.6) is 0 Å². The summed E-state index contributed by atoms with van der Waals surface area (Å²) in [7, 11) is 0.844. The van der Waals surface area contributed by atoms with Gasteiger partial charge in [-0.1, -0.05) is 0 Å². The summed E-state index contributed by atoms with van der Waals surface area (Å²) in [6.07, 6.45) is 1.12. The van der Waals surface area contributed by atoms with Crippen LogP contribution < -0.4 is 0 Å². The van der Waals surface area contributed by atoms with Crippen LogP contribution in [-0.4, -0.2) is 67.6 Å². The average molecular weight is 336 g/mol. The average Bonchev–Trinajstić information content (AvgIpc) is 2.98. The Bertz CT molecular complexity index is 396. The van der Waals surface area contributed by atoms with Crippen molar-refractivity contribution >= 4 is 8.30 Å². The predicted octanol–water partition coefficient (Wildman–Crippen LogP) is 3.03. The van der Waals surface area contributed by atoms with Gasteiger partial charge in [0, 0.05) is 33.3 Å². The third kappa shape index (κ3) is 4.00. The molecule has 0 aliphatic carbocycles. The Balaban J connectivity index is 2.15. The summed E-state index contributed by atoms with van der Waals surface area (Å²) in [5.41, 5.74) is -0.779. The van der Waals surface area contributed by atoms with Gasteiger partial charge >= 0.3 is 0 Å². The van der Waals surface area contributed by atoms with Crippen molar-refractivity contribution in [1.29, 1.82) is 0 Å². The lowest BCUT2D eigenvalue weighted by Crippen LogP contribution is -2.40. The molecule has 0 radical (unpaired) electrons. The van der Waals surface area contributed by atoms with Crippen LogP contribution in [0.1, 0.15) is 43.8 Å². The molecule has 0 aromatic carbocycles. The highest BCUT2D eigenvalue weighted by Gasteiger charge is 2.55. The Morgan fingerprint density at radius 3 is 2.73 bits per heavy atom. The Morgan fingerprint density at radius 1 is 1.45 bits per heavy atom. The lowest BCUT2D eigenvalue weighted by molar-refractivity contribution is -0.0889. The standard InChI is InChI=1S/C16H32NO4P/c1-12(2)17(13(3)4)22(9-7-8-18-6)21-15-14-10-20-16(15,5)11-19-14/h12-15H,7-11H2,1-6H3/t14-,15-,16-,22?/m0/s1/i5D,10T/t10-,14+,15+,16+,22?/m1. The van der Waals surface area contributed by atoms with Crippen LogP contribution in [0.2, 0.25) is 0 Å². The minimum atomic E-state index is -0.869. The normalized spacial score (nSPS) is 37.2. The molecule has 0 aromatic rings. The lowest BCUT2D eigenvalue weighted by atomic mass is 10.0. The topological polar surface area (TPSA) is 40.2 Å². The van der Waals surface area contributed by atoms with Gasteiger partial charge in [-0.3, -0.25) is 4.67 Å². The largest absolute Gasteiger partial charge is 0.385 e. The zero-order valence-electron chi connectivity index (χ0n) is 16.4. The van der Waals surface area contributed by atoms with Crippen molar-refractivity contribution < 1.29 is 21.5 Å². The van der Waals surface area contributed by atoms with E-state index in [0.717, 1.165) is 12.6 Å². The monoisotopic (exact) mass is 336 g/mol. The van der Waals surface area contributed by atoms with E-state index in [4.69, 9.17) is 21.5 Å². The van der Waals surface area contributed by atoms with Crippen LogP contribution in [0.3, 0.4) is 0 Å². The Hall–Kier alpha value is 0.230. The smallest absolute Gasteiger partial charge is 0.123 e. The van der Waals surface area contributed by atoms with Crippen molar-refractivity contribution in [2.75, 3.05) is 33.1 Å². The quantitative estimate of drug-likeness (QED) is 0.478. The highest BCUT2D eigenvalue weighted by Crippen LogP contribution is 2.51. The first kappa shape index (κ1) is 15.7. The first-order valence-electron chi connectivity index (χ1n) is 9.37. The molecule has 0 aromatic heterocycles. The van der Waals surface area contributed by atoms with Gasteiger partial charge in [-0.05, 0) is 41.0 Å². The van der Waals surface area contributed by atoms with E-state index < -0.39 is 20.5 Å². The van der Waals surface area contributed by atoms with Crippen LogP contribution in [0.15, 0.2) is 0 Å². The second-order valence-corrected chi connectivity index (χ2v) is 8.43. The van der Waals surface area contributed by atoms with Crippen LogP contribution in [0, 0.1) is 0 Å². The van der Waals surface area contributed by atoms with E-state index in [1.165, 1.54) is 0 Å². The van der Waals surface area contributed by atoms with Gasteiger partial charge in [-0.2, -0.15) is 0 Å². The maximum absolute atomic E-state index is 8.03. The van der Waals surface area contributed by atoms with Crippen LogP contribution in [0.25, 0.3) is 0 Å². The molecule has 2 rings (SSSR count). The summed E-state index contributed by atoms with van der Waals surface area (Å²) in [6.45, 7) is 9.09. The number of rotatable bonds is 9. The molecule has 1 unspecified atom stereocenters. The van der Waals surface area contributed by atoms with Gasteiger partial charge in [0.05, 0.1) is 14.6 Å². The number of ether oxygens (including phenoxy) is 3. The molecule has 6 heteroatoms. The number of hydrogen-bond acceptors (Lipinski definition) is 5. The molecular formula is C16H32NO4P. The van der Waals surface area contributed by atoms with Gasteiger partial charge in [-0.25, -0.2) is 0 Å². The van der Waals surface area contributed by atoms with Crippen molar-refractivity contribution in [1.82, 2.24) is 4.67 Å². The van der Waals surface area contributed by atoms with E-state index in [2.05, 4.69) is 32.4 Å². The summed E-state index contributed by atoms with van der Waals surface area (Å²) >= 11 is 0. The molecule has 130 valence electrons. The van der Waals surface area contributed by atoms with E-state index in [0.29, 0.717) is 25.3 Å². The van der Waals surface area contributed by atoms with Crippen molar-refractivity contribution in [3.05, 3.63) is 0 Å². The Kier molecular flexibility index (Phi) is 5.63. The number of nitrogens with zero attached hydrogens (tertiary/aromatic N) is 1. The van der Waals surface area contributed by atoms with Crippen LogP contribution >= 0.6 is 8.30 Å². The first-order chi connectivity index (χ1) is 11.4. The molecule has 0 N–H and O–H groups in total. The van der Waals surface area contributed by atoms with E-state index in [9.17, 15) is 0 Å². The van der Waals surface area contributed by atoms with Crippen molar-refractivity contribution in [3.63, 3.8) is 0 Å². The lowest BCUT2D eigenvalue weighted by Gasteiger charge is -2.39. The fourth-order valence-corrected chi connectivity index (χ4v) is 5.54. The summed E-state index contributed by atoms with van der Waals surface area (Å²) in [6, 6.07) is 0.719. The molecule has 2 saturated heterocycles. The third-order valence-corrected chi connectivity index (χ3v) is 6.63. The van der Waals surface area contributed by atoms with E-state index in [1.807, 2.05) is 0 Å². The molecule has 0 saturated carbocycles. The molecular weight excluding hydrogens is 301 g/mol. The number of hydrogen-bond donors (Lipinski definition) is 0. The second kappa shape index (κ2) is 7.87. The number of fused-ring (bicyclic) bond motifs is 2. The minimum Gasteiger partial charge on any atom is -0.385 e. The minimum absolute atomic E-state index is 0.0636. The fraction of sp³-hybridized carbons (Fsp3) is 1.00. The van der Waals surface area contributed by atoms with Crippen molar-refractivity contribution in [2.45, 2.75) is 70.9 Å². The molecule has 5 nitrogen and oxygen atoms in total. The number of methoxy groups -OCH3 is 1. The van der Waals surface area contributed by atoms with Crippen molar-refractivity contribution in [2.24, 2.45) is 0 Å². The molecule has 0 spiro atoms. The van der Waals surface area contributed by atoms with Gasteiger partial charge in [0.1, 0.15) is 26.1 Å². The molecule has 2 fully saturated rings. The molecule has 5 atom stereocenters. The summed E-state index contributed by atoms with van der Waals surface area (Å²) in [4.78, 5) is 0.